The molecule has 2 bridgehead atoms. The van der Waals surface area contributed by atoms with Crippen LogP contribution in [0.1, 0.15) is 90.4 Å². The first kappa shape index (κ1) is 15.0. The number of fused-ring (bicyclic) bond motifs is 2. The first-order chi connectivity index (χ1) is 9.42. The van der Waals surface area contributed by atoms with Gasteiger partial charge in [-0.3, -0.25) is 0 Å². The van der Waals surface area contributed by atoms with E-state index in [1.54, 1.807) is 0 Å². The lowest BCUT2D eigenvalue weighted by molar-refractivity contribution is 0.448. The normalized spacial score (nSPS) is 25.8. The quantitative estimate of drug-likeness (QED) is 0.317. The zero-order valence-corrected chi connectivity index (χ0v) is 12.9. The van der Waals surface area contributed by atoms with Crippen molar-refractivity contribution in [2.75, 3.05) is 0 Å². The fourth-order valence-corrected chi connectivity index (χ4v) is 4.10. The van der Waals surface area contributed by atoms with Crippen molar-refractivity contribution in [3.05, 3.63) is 0 Å². The average Bonchev–Trinajstić information content (AvgIpc) is 2.41. The lowest BCUT2D eigenvalue weighted by atomic mass is 9.28. The van der Waals surface area contributed by atoms with E-state index in [-0.39, 0.29) is 0 Å². The number of hydrogen-bond acceptors (Lipinski definition) is 0. The molecule has 0 unspecified atom stereocenters. The van der Waals surface area contributed by atoms with E-state index in [0.717, 1.165) is 24.8 Å². The molecule has 2 heterocycles. The highest BCUT2D eigenvalue weighted by atomic mass is 14.2. The van der Waals surface area contributed by atoms with Gasteiger partial charge < -0.3 is 0 Å². The van der Waals surface area contributed by atoms with Gasteiger partial charge in [0.1, 0.15) is 0 Å². The van der Waals surface area contributed by atoms with Crippen LogP contribution in [0.25, 0.3) is 0 Å². The second kappa shape index (κ2) is 8.73. The van der Waals surface area contributed by atoms with Gasteiger partial charge in [-0.25, -0.2) is 0 Å². The maximum atomic E-state index is 3.68. The summed E-state index contributed by atoms with van der Waals surface area (Å²) in [5, 5.41) is 0. The molecule has 2 aliphatic rings. The molecule has 1 heteroatoms. The Morgan fingerprint density at radius 3 is 2.05 bits per heavy atom. The van der Waals surface area contributed by atoms with Crippen LogP contribution >= 0.6 is 0 Å². The number of hydrogen-bond donors (Lipinski definition) is 0. The molecule has 2 rings (SSSR count). The predicted molar refractivity (Wildman–Crippen MR) is 86.7 cm³/mol. The van der Waals surface area contributed by atoms with Gasteiger partial charge in [0, 0.05) is 6.42 Å². The Morgan fingerprint density at radius 1 is 0.842 bits per heavy atom. The van der Waals surface area contributed by atoms with E-state index >= 15 is 0 Å². The van der Waals surface area contributed by atoms with Crippen molar-refractivity contribution in [1.82, 2.24) is 0 Å². The van der Waals surface area contributed by atoms with Crippen molar-refractivity contribution in [3.63, 3.8) is 0 Å². The highest BCUT2D eigenvalue weighted by molar-refractivity contribution is 6.70. The molecule has 0 aromatic rings. The number of unbranched alkanes of at least 4 members (excludes halogenated alkanes) is 6. The summed E-state index contributed by atoms with van der Waals surface area (Å²) in [6.45, 7) is 3.06. The summed E-state index contributed by atoms with van der Waals surface area (Å²) in [7, 11) is 0. The second-order valence-electron chi connectivity index (χ2n) is 6.75. The summed E-state index contributed by atoms with van der Waals surface area (Å²) in [5.41, 5.74) is 0. The standard InChI is InChI=1S/C18H31B/c1-2-3-4-5-6-7-8-9-16-19-17-12-10-13-18(19)15-11-14-17/h17-18H,2-8,10-15H2,1H3. The molecular weight excluding hydrogens is 227 g/mol. The van der Waals surface area contributed by atoms with Crippen molar-refractivity contribution in [3.8, 4) is 11.7 Å². The summed E-state index contributed by atoms with van der Waals surface area (Å²) < 4.78 is 0. The highest BCUT2D eigenvalue weighted by Crippen LogP contribution is 2.45. The summed E-state index contributed by atoms with van der Waals surface area (Å²) >= 11 is 0. The van der Waals surface area contributed by atoms with E-state index in [4.69, 9.17) is 0 Å². The lowest BCUT2D eigenvalue weighted by Gasteiger charge is -2.37. The molecule has 106 valence electrons. The number of rotatable bonds is 6. The van der Waals surface area contributed by atoms with E-state index in [0.29, 0.717) is 0 Å². The van der Waals surface area contributed by atoms with Crippen LogP contribution in [-0.2, 0) is 0 Å². The van der Waals surface area contributed by atoms with Gasteiger partial charge in [-0.15, -0.1) is 5.92 Å². The van der Waals surface area contributed by atoms with Gasteiger partial charge >= 0.3 is 0 Å². The third kappa shape index (κ3) is 4.90. The monoisotopic (exact) mass is 258 g/mol. The predicted octanol–water partition coefficient (Wildman–Crippen LogP) is 5.88. The molecule has 0 aromatic heterocycles. The molecule has 19 heavy (non-hydrogen) atoms. The molecule has 0 aromatic carbocycles. The fourth-order valence-electron chi connectivity index (χ4n) is 4.10. The lowest BCUT2D eigenvalue weighted by Crippen LogP contribution is -2.33. The minimum Gasteiger partial charge on any atom is -0.155 e. The molecule has 0 N–H and O–H groups in total. The third-order valence-electron chi connectivity index (χ3n) is 5.24. The molecule has 0 nitrogen and oxygen atoms in total. The van der Waals surface area contributed by atoms with Crippen LogP contribution < -0.4 is 0 Å². The topological polar surface area (TPSA) is 0 Å². The van der Waals surface area contributed by atoms with E-state index in [2.05, 4.69) is 18.7 Å². The Labute approximate surface area is 121 Å². The molecule has 0 atom stereocenters. The molecule has 2 aliphatic heterocycles. The SMILES string of the molecule is CCCCCCCCC#CB1C2CCCC1CCC2. The first-order valence-electron chi connectivity index (χ1n) is 8.90. The molecule has 2 saturated heterocycles. The highest BCUT2D eigenvalue weighted by Gasteiger charge is 2.38. The summed E-state index contributed by atoms with van der Waals surface area (Å²) in [4.78, 5) is 0. The molecule has 0 aliphatic carbocycles. The first-order valence-corrected chi connectivity index (χ1v) is 8.90. The molecule has 0 amide bonds. The summed E-state index contributed by atoms with van der Waals surface area (Å²) in [6, 6.07) is 0. The Bertz CT molecular complexity index is 277. The minimum absolute atomic E-state index is 0.780. The van der Waals surface area contributed by atoms with Gasteiger partial charge in [0.15, 0.2) is 0 Å². The molecular formula is C18H31B. The summed E-state index contributed by atoms with van der Waals surface area (Å²) in [5.74, 6) is 9.13. The van der Waals surface area contributed by atoms with Gasteiger partial charge in [-0.05, 0) is 18.1 Å². The smallest absolute Gasteiger partial charge is 0.155 e. The van der Waals surface area contributed by atoms with Crippen LogP contribution in [0.5, 0.6) is 0 Å². The third-order valence-corrected chi connectivity index (χ3v) is 5.24. The average molecular weight is 258 g/mol. The van der Waals surface area contributed by atoms with Crippen LogP contribution in [0.2, 0.25) is 11.6 Å². The van der Waals surface area contributed by atoms with E-state index < -0.39 is 0 Å². The Morgan fingerprint density at radius 2 is 1.42 bits per heavy atom. The minimum atomic E-state index is 0.780. The van der Waals surface area contributed by atoms with Crippen molar-refractivity contribution in [1.29, 1.82) is 0 Å². The van der Waals surface area contributed by atoms with Gasteiger partial charge in [-0.2, -0.15) is 5.82 Å². The second-order valence-corrected chi connectivity index (χ2v) is 6.75. The van der Waals surface area contributed by atoms with E-state index in [9.17, 15) is 0 Å². The van der Waals surface area contributed by atoms with Crippen molar-refractivity contribution >= 4 is 6.71 Å². The van der Waals surface area contributed by atoms with E-state index in [1.165, 1.54) is 77.0 Å². The molecule has 0 saturated carbocycles. The van der Waals surface area contributed by atoms with Crippen molar-refractivity contribution in [2.24, 2.45) is 0 Å². The van der Waals surface area contributed by atoms with Crippen LogP contribution in [-0.4, -0.2) is 6.71 Å². The van der Waals surface area contributed by atoms with Gasteiger partial charge in [-0.1, -0.05) is 77.6 Å². The van der Waals surface area contributed by atoms with Crippen LogP contribution in [0.3, 0.4) is 0 Å². The van der Waals surface area contributed by atoms with Gasteiger partial charge in [0.25, 0.3) is 0 Å². The van der Waals surface area contributed by atoms with Crippen LogP contribution in [0.4, 0.5) is 0 Å². The van der Waals surface area contributed by atoms with Gasteiger partial charge in [0.05, 0.1) is 0 Å². The largest absolute Gasteiger partial charge is 0.237 e. The van der Waals surface area contributed by atoms with Crippen LogP contribution in [0, 0.1) is 11.7 Å². The maximum Gasteiger partial charge on any atom is 0.237 e. The Hall–Kier alpha value is -0.375. The molecule has 2 fully saturated rings. The fraction of sp³-hybridized carbons (Fsp3) is 0.889. The van der Waals surface area contributed by atoms with Crippen molar-refractivity contribution < 1.29 is 0 Å². The zero-order valence-electron chi connectivity index (χ0n) is 12.9. The maximum absolute atomic E-state index is 3.68. The van der Waals surface area contributed by atoms with Gasteiger partial charge in [0.2, 0.25) is 6.71 Å². The molecule has 0 spiro atoms. The van der Waals surface area contributed by atoms with Crippen molar-refractivity contribution in [2.45, 2.75) is 102 Å². The van der Waals surface area contributed by atoms with E-state index in [1.807, 2.05) is 0 Å². The van der Waals surface area contributed by atoms with Crippen LogP contribution in [0.15, 0.2) is 0 Å². The summed E-state index contributed by atoms with van der Waals surface area (Å²) in [6.07, 6.45) is 18.3. The molecule has 0 radical (unpaired) electrons. The Kier molecular flexibility index (Phi) is 6.90. The Balaban J connectivity index is 1.62. The zero-order chi connectivity index (χ0) is 13.3.